The summed E-state index contributed by atoms with van der Waals surface area (Å²) in [6, 6.07) is 0. The zero-order valence-corrected chi connectivity index (χ0v) is 10.6. The quantitative estimate of drug-likeness (QED) is 0.809. The summed E-state index contributed by atoms with van der Waals surface area (Å²) < 4.78 is 1.10. The van der Waals surface area contributed by atoms with E-state index in [1.54, 1.807) is 0 Å². The predicted octanol–water partition coefficient (Wildman–Crippen LogP) is -0.175. The van der Waals surface area contributed by atoms with E-state index in [1.807, 2.05) is 0 Å². The fourth-order valence-electron chi connectivity index (χ4n) is 1.41. The molecule has 0 aromatic carbocycles. The van der Waals surface area contributed by atoms with Gasteiger partial charge in [-0.2, -0.15) is 0 Å². The number of nitrogens with one attached hydrogen (secondary N) is 2. The molecule has 1 aliphatic carbocycles. The summed E-state index contributed by atoms with van der Waals surface area (Å²) in [4.78, 5) is 36.9. The minimum atomic E-state index is -0.584. The van der Waals surface area contributed by atoms with Gasteiger partial charge in [0.2, 0.25) is 5.91 Å². The Hall–Kier alpha value is -1.37. The monoisotopic (exact) mass is 301 g/mol. The number of carbonyl (C=O) groups excluding carboxylic acids is 1. The van der Waals surface area contributed by atoms with E-state index < -0.39 is 11.2 Å². The third kappa shape index (κ3) is 3.06. The molecule has 1 aromatic heterocycles. The molecule has 1 amide bonds. The molecule has 1 aliphatic rings. The molecular weight excluding hydrogens is 290 g/mol. The van der Waals surface area contributed by atoms with Crippen LogP contribution in [0.25, 0.3) is 0 Å². The molecule has 17 heavy (non-hydrogen) atoms. The van der Waals surface area contributed by atoms with Crippen molar-refractivity contribution in [1.82, 2.24) is 14.9 Å². The molecule has 2 N–H and O–H groups in total. The summed E-state index contributed by atoms with van der Waals surface area (Å²) in [7, 11) is 0. The predicted molar refractivity (Wildman–Crippen MR) is 64.8 cm³/mol. The van der Waals surface area contributed by atoms with Gasteiger partial charge >= 0.3 is 5.69 Å². The highest BCUT2D eigenvalue weighted by molar-refractivity contribution is 9.10. The van der Waals surface area contributed by atoms with Gasteiger partial charge in [-0.05, 0) is 34.7 Å². The van der Waals surface area contributed by atoms with Crippen molar-refractivity contribution in [2.75, 3.05) is 6.54 Å². The third-order valence-corrected chi connectivity index (χ3v) is 3.17. The maximum Gasteiger partial charge on any atom is 0.328 e. The number of halogens is 1. The molecule has 1 fully saturated rings. The van der Waals surface area contributed by atoms with Gasteiger partial charge in [0.15, 0.2) is 0 Å². The fraction of sp³-hybridized carbons (Fsp3) is 0.500. The van der Waals surface area contributed by atoms with E-state index in [-0.39, 0.29) is 16.9 Å². The lowest BCUT2D eigenvalue weighted by atomic mass is 10.4. The number of hydrogen-bond acceptors (Lipinski definition) is 3. The normalized spacial score (nSPS) is 14.6. The van der Waals surface area contributed by atoms with Crippen LogP contribution in [0.3, 0.4) is 0 Å². The van der Waals surface area contributed by atoms with Gasteiger partial charge in [0.25, 0.3) is 5.56 Å². The van der Waals surface area contributed by atoms with Crippen molar-refractivity contribution in [1.29, 1.82) is 0 Å². The summed E-state index contributed by atoms with van der Waals surface area (Å²) in [5.74, 6) is 0.249. The van der Waals surface area contributed by atoms with E-state index in [4.69, 9.17) is 0 Å². The molecule has 92 valence electrons. The summed E-state index contributed by atoms with van der Waals surface area (Å²) >= 11 is 3.01. The van der Waals surface area contributed by atoms with Crippen molar-refractivity contribution in [3.63, 3.8) is 0 Å². The van der Waals surface area contributed by atoms with Crippen molar-refractivity contribution >= 4 is 21.8 Å². The number of carbonyl (C=O) groups is 1. The standard InChI is InChI=1S/C10H12BrN3O3/c11-7-4-13-10(17)14(9(7)16)5-8(15)12-3-6-1-2-6/h4,6H,1-3,5H2,(H,12,15)(H,13,17). The number of aromatic amines is 1. The Balaban J connectivity index is 2.06. The first-order valence-electron chi connectivity index (χ1n) is 5.32. The van der Waals surface area contributed by atoms with Crippen LogP contribution in [-0.2, 0) is 11.3 Å². The Labute approximate surface area is 105 Å². The summed E-state index contributed by atoms with van der Waals surface area (Å²) in [5, 5.41) is 2.70. The van der Waals surface area contributed by atoms with Gasteiger partial charge in [0, 0.05) is 12.7 Å². The largest absolute Gasteiger partial charge is 0.354 e. The number of aromatic nitrogens is 2. The molecule has 1 saturated carbocycles. The van der Waals surface area contributed by atoms with Crippen molar-refractivity contribution in [3.8, 4) is 0 Å². The van der Waals surface area contributed by atoms with Gasteiger partial charge in [0.05, 0.1) is 4.47 Å². The average Bonchev–Trinajstić information content (AvgIpc) is 3.11. The van der Waals surface area contributed by atoms with E-state index in [1.165, 1.54) is 6.20 Å². The molecule has 7 heteroatoms. The topological polar surface area (TPSA) is 84.0 Å². The van der Waals surface area contributed by atoms with Gasteiger partial charge in [-0.25, -0.2) is 9.36 Å². The first kappa shape index (κ1) is 12.1. The number of amides is 1. The number of nitrogens with zero attached hydrogens (tertiary/aromatic N) is 1. The molecule has 0 unspecified atom stereocenters. The van der Waals surface area contributed by atoms with Crippen LogP contribution in [0.2, 0.25) is 0 Å². The Bertz CT molecular complexity index is 544. The fourth-order valence-corrected chi connectivity index (χ4v) is 1.74. The average molecular weight is 302 g/mol. The lowest BCUT2D eigenvalue weighted by Gasteiger charge is -2.05. The van der Waals surface area contributed by atoms with Gasteiger partial charge in [-0.15, -0.1) is 0 Å². The lowest BCUT2D eigenvalue weighted by Crippen LogP contribution is -2.41. The zero-order valence-electron chi connectivity index (χ0n) is 9.03. The molecular formula is C10H12BrN3O3. The van der Waals surface area contributed by atoms with Crippen LogP contribution in [0.1, 0.15) is 12.8 Å². The molecule has 0 atom stereocenters. The molecule has 0 aliphatic heterocycles. The number of rotatable bonds is 4. The second-order valence-electron chi connectivity index (χ2n) is 4.08. The van der Waals surface area contributed by atoms with Crippen molar-refractivity contribution < 1.29 is 4.79 Å². The Morgan fingerprint density at radius 3 is 2.88 bits per heavy atom. The first-order valence-corrected chi connectivity index (χ1v) is 6.12. The van der Waals surface area contributed by atoms with Crippen LogP contribution in [0.5, 0.6) is 0 Å². The highest BCUT2D eigenvalue weighted by atomic mass is 79.9. The Kier molecular flexibility index (Phi) is 3.46. The van der Waals surface area contributed by atoms with E-state index in [9.17, 15) is 14.4 Å². The van der Waals surface area contributed by atoms with Crippen LogP contribution < -0.4 is 16.6 Å². The number of hydrogen-bond donors (Lipinski definition) is 2. The van der Waals surface area contributed by atoms with Crippen molar-refractivity contribution in [2.45, 2.75) is 19.4 Å². The zero-order chi connectivity index (χ0) is 12.4. The first-order chi connectivity index (χ1) is 8.08. The molecule has 1 heterocycles. The highest BCUT2D eigenvalue weighted by Gasteiger charge is 2.21. The molecule has 1 aromatic rings. The second-order valence-corrected chi connectivity index (χ2v) is 4.93. The van der Waals surface area contributed by atoms with Gasteiger partial charge < -0.3 is 10.3 Å². The van der Waals surface area contributed by atoms with E-state index in [0.717, 1.165) is 17.4 Å². The molecule has 0 bridgehead atoms. The number of H-pyrrole nitrogens is 1. The summed E-state index contributed by atoms with van der Waals surface area (Å²) in [5.41, 5.74) is -1.09. The molecule has 6 nitrogen and oxygen atoms in total. The summed E-state index contributed by atoms with van der Waals surface area (Å²) in [6.07, 6.45) is 3.54. The SMILES string of the molecule is O=C(Cn1c(=O)[nH]cc(Br)c1=O)NCC1CC1. The van der Waals surface area contributed by atoms with E-state index >= 15 is 0 Å². The van der Waals surface area contributed by atoms with Gasteiger partial charge in [0.1, 0.15) is 6.54 Å². The maximum atomic E-state index is 11.6. The van der Waals surface area contributed by atoms with Crippen LogP contribution >= 0.6 is 15.9 Å². The minimum Gasteiger partial charge on any atom is -0.354 e. The lowest BCUT2D eigenvalue weighted by molar-refractivity contribution is -0.121. The van der Waals surface area contributed by atoms with Crippen LogP contribution in [0, 0.1) is 5.92 Å². The Morgan fingerprint density at radius 1 is 1.53 bits per heavy atom. The smallest absolute Gasteiger partial charge is 0.328 e. The van der Waals surface area contributed by atoms with E-state index in [2.05, 4.69) is 26.2 Å². The molecule has 0 radical (unpaired) electrons. The van der Waals surface area contributed by atoms with E-state index in [0.29, 0.717) is 12.5 Å². The second kappa shape index (κ2) is 4.87. The Morgan fingerprint density at radius 2 is 2.24 bits per heavy atom. The van der Waals surface area contributed by atoms with Crippen molar-refractivity contribution in [2.24, 2.45) is 5.92 Å². The molecule has 0 saturated heterocycles. The molecule has 0 spiro atoms. The minimum absolute atomic E-state index is 0.229. The van der Waals surface area contributed by atoms with Gasteiger partial charge in [-0.1, -0.05) is 0 Å². The van der Waals surface area contributed by atoms with Crippen LogP contribution in [0.4, 0.5) is 0 Å². The highest BCUT2D eigenvalue weighted by Crippen LogP contribution is 2.27. The van der Waals surface area contributed by atoms with Crippen LogP contribution in [-0.4, -0.2) is 22.0 Å². The molecule has 2 rings (SSSR count). The summed E-state index contributed by atoms with van der Waals surface area (Å²) in [6.45, 7) is 0.375. The van der Waals surface area contributed by atoms with Crippen LogP contribution in [0.15, 0.2) is 20.3 Å². The van der Waals surface area contributed by atoms with Crippen molar-refractivity contribution in [3.05, 3.63) is 31.5 Å². The maximum absolute atomic E-state index is 11.6. The van der Waals surface area contributed by atoms with Gasteiger partial charge in [-0.3, -0.25) is 9.59 Å². The third-order valence-electron chi connectivity index (χ3n) is 2.60.